The molecule has 2 aromatic heterocycles. The molecule has 0 radical (unpaired) electrons. The van der Waals surface area contributed by atoms with Gasteiger partial charge in [0.15, 0.2) is 5.82 Å². The maximum absolute atomic E-state index is 13.9. The average molecular weight is 448 g/mol. The fourth-order valence-corrected chi connectivity index (χ4v) is 4.63. The highest BCUT2D eigenvalue weighted by atomic mass is 19.1. The Morgan fingerprint density at radius 2 is 1.94 bits per heavy atom. The number of fused-ring (bicyclic) bond motifs is 4. The maximum Gasteiger partial charge on any atom is 0.411 e. The second kappa shape index (κ2) is 8.10. The summed E-state index contributed by atoms with van der Waals surface area (Å²) in [5, 5.41) is 3.29. The van der Waals surface area contributed by atoms with Crippen molar-refractivity contribution >= 4 is 17.6 Å². The van der Waals surface area contributed by atoms with Crippen LogP contribution in [0.3, 0.4) is 0 Å². The molecule has 5 rings (SSSR count). The summed E-state index contributed by atoms with van der Waals surface area (Å²) in [6, 6.07) is 9.80. The SMILES string of the molecule is CC(C)(C)OC(=O)N1[C@@H]2CC[C@H]1c1c(nc(-c3ccncc3)nc1Nc1cccc(F)c1)C2. The number of ether oxygens (including phenoxy) is 1. The van der Waals surface area contributed by atoms with E-state index in [4.69, 9.17) is 14.7 Å². The number of aromatic nitrogens is 3. The van der Waals surface area contributed by atoms with Crippen LogP contribution in [-0.4, -0.2) is 37.6 Å². The van der Waals surface area contributed by atoms with Crippen LogP contribution < -0.4 is 5.32 Å². The van der Waals surface area contributed by atoms with Gasteiger partial charge in [-0.05, 0) is 63.9 Å². The van der Waals surface area contributed by atoms with Crippen LogP contribution in [0.2, 0.25) is 0 Å². The van der Waals surface area contributed by atoms with Crippen molar-refractivity contribution < 1.29 is 13.9 Å². The molecular weight excluding hydrogens is 421 g/mol. The van der Waals surface area contributed by atoms with Gasteiger partial charge in [0.1, 0.15) is 17.2 Å². The summed E-state index contributed by atoms with van der Waals surface area (Å²) in [7, 11) is 0. The van der Waals surface area contributed by atoms with Crippen LogP contribution in [0.15, 0.2) is 48.8 Å². The Balaban J connectivity index is 1.60. The molecule has 2 aliphatic rings. The molecule has 1 saturated heterocycles. The topological polar surface area (TPSA) is 80.2 Å². The number of carbonyl (C=O) groups is 1. The summed E-state index contributed by atoms with van der Waals surface area (Å²) in [6.45, 7) is 5.60. The average Bonchev–Trinajstić information content (AvgIpc) is 3.07. The Labute approximate surface area is 192 Å². The van der Waals surface area contributed by atoms with E-state index in [0.717, 1.165) is 29.7 Å². The molecule has 0 saturated carbocycles. The minimum Gasteiger partial charge on any atom is -0.444 e. The minimum atomic E-state index is -0.582. The molecule has 1 fully saturated rings. The van der Waals surface area contributed by atoms with Crippen molar-refractivity contribution in [1.29, 1.82) is 0 Å². The van der Waals surface area contributed by atoms with Crippen molar-refractivity contribution in [2.45, 2.75) is 57.7 Å². The first-order chi connectivity index (χ1) is 15.8. The lowest BCUT2D eigenvalue weighted by Gasteiger charge is -2.37. The van der Waals surface area contributed by atoms with Crippen LogP contribution in [0.4, 0.5) is 20.7 Å². The van der Waals surface area contributed by atoms with Crippen molar-refractivity contribution in [3.63, 3.8) is 0 Å². The number of carbonyl (C=O) groups excluding carboxylic acids is 1. The van der Waals surface area contributed by atoms with Crippen LogP contribution in [0.25, 0.3) is 11.4 Å². The molecule has 2 atom stereocenters. The Kier molecular flexibility index (Phi) is 5.23. The van der Waals surface area contributed by atoms with Crippen LogP contribution in [0, 0.1) is 5.82 Å². The van der Waals surface area contributed by atoms with Crippen LogP contribution >= 0.6 is 0 Å². The van der Waals surface area contributed by atoms with Gasteiger partial charge in [-0.3, -0.25) is 9.88 Å². The molecule has 0 aliphatic carbocycles. The predicted molar refractivity (Wildman–Crippen MR) is 122 cm³/mol. The molecule has 7 nitrogen and oxygen atoms in total. The van der Waals surface area contributed by atoms with Gasteiger partial charge in [0.05, 0.1) is 11.7 Å². The van der Waals surface area contributed by atoms with E-state index in [1.165, 1.54) is 12.1 Å². The fourth-order valence-electron chi connectivity index (χ4n) is 4.63. The Morgan fingerprint density at radius 3 is 2.67 bits per heavy atom. The highest BCUT2D eigenvalue weighted by molar-refractivity contribution is 5.73. The quantitative estimate of drug-likeness (QED) is 0.578. The summed E-state index contributed by atoms with van der Waals surface area (Å²) in [4.78, 5) is 28.7. The number of rotatable bonds is 3. The smallest absolute Gasteiger partial charge is 0.411 e. The first-order valence-corrected chi connectivity index (χ1v) is 11.1. The predicted octanol–water partition coefficient (Wildman–Crippen LogP) is 5.42. The van der Waals surface area contributed by atoms with Crippen molar-refractivity contribution in [3.05, 3.63) is 65.9 Å². The monoisotopic (exact) mass is 447 g/mol. The molecule has 2 aliphatic heterocycles. The number of nitrogens with one attached hydrogen (secondary N) is 1. The number of benzene rings is 1. The van der Waals surface area contributed by atoms with Crippen molar-refractivity contribution in [1.82, 2.24) is 19.9 Å². The highest BCUT2D eigenvalue weighted by Gasteiger charge is 2.46. The van der Waals surface area contributed by atoms with Crippen LogP contribution in [0.5, 0.6) is 0 Å². The highest BCUT2D eigenvalue weighted by Crippen LogP contribution is 2.47. The molecule has 33 heavy (non-hydrogen) atoms. The molecule has 170 valence electrons. The summed E-state index contributed by atoms with van der Waals surface area (Å²) in [6.07, 6.45) is 5.35. The molecule has 0 spiro atoms. The Hall–Kier alpha value is -3.55. The van der Waals surface area contributed by atoms with Gasteiger partial charge < -0.3 is 10.1 Å². The third kappa shape index (κ3) is 4.25. The van der Waals surface area contributed by atoms with Crippen molar-refractivity contribution in [2.24, 2.45) is 0 Å². The lowest BCUT2D eigenvalue weighted by molar-refractivity contribution is 0.0123. The van der Waals surface area contributed by atoms with Crippen molar-refractivity contribution in [3.8, 4) is 11.4 Å². The zero-order valence-corrected chi connectivity index (χ0v) is 18.9. The zero-order chi connectivity index (χ0) is 23.2. The van der Waals surface area contributed by atoms with Gasteiger partial charge in [0, 0.05) is 41.7 Å². The lowest BCUT2D eigenvalue weighted by Crippen LogP contribution is -2.45. The molecule has 1 amide bonds. The van der Waals surface area contributed by atoms with E-state index in [9.17, 15) is 9.18 Å². The summed E-state index contributed by atoms with van der Waals surface area (Å²) in [5.74, 6) is 0.810. The van der Waals surface area contributed by atoms with E-state index in [-0.39, 0.29) is 24.0 Å². The molecule has 4 heterocycles. The standard InChI is InChI=1S/C25H26FN5O2/c1-25(2,3)33-24(32)31-18-7-8-20(31)21-19(14-18)29-22(15-9-11-27-12-10-15)30-23(21)28-17-6-4-5-16(26)13-17/h4-6,9-13,18,20H,7-8,14H2,1-3H3,(H,28,29,30)/t18-,20+/m1/s1. The van der Waals surface area contributed by atoms with E-state index in [2.05, 4.69) is 10.3 Å². The van der Waals surface area contributed by atoms with Gasteiger partial charge in [-0.1, -0.05) is 6.07 Å². The van der Waals surface area contributed by atoms with E-state index < -0.39 is 5.60 Å². The van der Waals surface area contributed by atoms with Crippen LogP contribution in [-0.2, 0) is 11.2 Å². The molecule has 8 heteroatoms. The van der Waals surface area contributed by atoms with Crippen molar-refractivity contribution in [2.75, 3.05) is 5.32 Å². The Morgan fingerprint density at radius 1 is 1.15 bits per heavy atom. The minimum absolute atomic E-state index is 0.0274. The van der Waals surface area contributed by atoms with Gasteiger partial charge in [-0.2, -0.15) is 0 Å². The number of amides is 1. The number of pyridine rings is 1. The molecule has 0 unspecified atom stereocenters. The fraction of sp³-hybridized carbons (Fsp3) is 0.360. The number of nitrogens with zero attached hydrogens (tertiary/aromatic N) is 4. The third-order valence-electron chi connectivity index (χ3n) is 5.92. The molecule has 2 bridgehead atoms. The first-order valence-electron chi connectivity index (χ1n) is 11.1. The zero-order valence-electron chi connectivity index (χ0n) is 18.9. The normalized spacial score (nSPS) is 19.2. The number of anilines is 2. The van der Waals surface area contributed by atoms with Gasteiger partial charge in [-0.25, -0.2) is 19.2 Å². The van der Waals surface area contributed by atoms with Gasteiger partial charge in [-0.15, -0.1) is 0 Å². The van der Waals surface area contributed by atoms with Gasteiger partial charge >= 0.3 is 6.09 Å². The summed E-state index contributed by atoms with van der Waals surface area (Å²) >= 11 is 0. The third-order valence-corrected chi connectivity index (χ3v) is 5.92. The largest absolute Gasteiger partial charge is 0.444 e. The first kappa shape index (κ1) is 21.3. The van der Waals surface area contributed by atoms with E-state index in [1.54, 1.807) is 24.5 Å². The summed E-state index contributed by atoms with van der Waals surface area (Å²) < 4.78 is 19.6. The van der Waals surface area contributed by atoms with Crippen LogP contribution in [0.1, 0.15) is 50.9 Å². The van der Waals surface area contributed by atoms with E-state index >= 15 is 0 Å². The lowest BCUT2D eigenvalue weighted by atomic mass is 9.97. The number of hydrogen-bond acceptors (Lipinski definition) is 6. The molecule has 1 aromatic carbocycles. The Bertz CT molecular complexity index is 1200. The maximum atomic E-state index is 13.9. The van der Waals surface area contributed by atoms with Gasteiger partial charge in [0.25, 0.3) is 0 Å². The van der Waals surface area contributed by atoms with E-state index in [0.29, 0.717) is 23.8 Å². The molecular formula is C25H26FN5O2. The number of halogens is 1. The molecule has 3 aromatic rings. The number of hydrogen-bond donors (Lipinski definition) is 1. The second-order valence-corrected chi connectivity index (χ2v) is 9.47. The van der Waals surface area contributed by atoms with Gasteiger partial charge in [0.2, 0.25) is 0 Å². The van der Waals surface area contributed by atoms with E-state index in [1.807, 2.05) is 37.8 Å². The summed E-state index contributed by atoms with van der Waals surface area (Å²) in [5.41, 5.74) is 2.62. The molecule has 1 N–H and O–H groups in total. The second-order valence-electron chi connectivity index (χ2n) is 9.47.